The van der Waals surface area contributed by atoms with Crippen molar-refractivity contribution in [3.05, 3.63) is 23.9 Å². The quantitative estimate of drug-likeness (QED) is 0.880. The van der Waals surface area contributed by atoms with Gasteiger partial charge >= 0.3 is 7.12 Å². The van der Waals surface area contributed by atoms with Gasteiger partial charge in [0.15, 0.2) is 0 Å². The second kappa shape index (κ2) is 5.17. The Labute approximate surface area is 143 Å². The molecule has 2 aliphatic rings. The van der Waals surface area contributed by atoms with Crippen LogP contribution >= 0.6 is 0 Å². The highest BCUT2D eigenvalue weighted by Gasteiger charge is 2.52. The highest BCUT2D eigenvalue weighted by Crippen LogP contribution is 2.37. The third kappa shape index (κ3) is 2.58. The smallest absolute Gasteiger partial charge is 0.399 e. The Morgan fingerprint density at radius 1 is 1.08 bits per heavy atom. The Morgan fingerprint density at radius 2 is 1.75 bits per heavy atom. The fourth-order valence-electron chi connectivity index (χ4n) is 2.91. The summed E-state index contributed by atoms with van der Waals surface area (Å²) in [6.45, 7) is 10.3. The van der Waals surface area contributed by atoms with Crippen LogP contribution in [0.3, 0.4) is 0 Å². The lowest BCUT2D eigenvalue weighted by Crippen LogP contribution is -2.41. The SMILES string of the molecule is Cc1nc2cccc(B3OC(C)(C)C(C)(C)O3)c2nc1NC1CC1. The zero-order valence-electron chi connectivity index (χ0n) is 15.0. The largest absolute Gasteiger partial charge is 0.497 e. The van der Waals surface area contributed by atoms with Gasteiger partial charge in [-0.05, 0) is 53.5 Å². The van der Waals surface area contributed by atoms with E-state index in [0.717, 1.165) is 28.0 Å². The number of hydrogen-bond donors (Lipinski definition) is 1. The molecule has 4 rings (SSSR count). The number of fused-ring (bicyclic) bond motifs is 1. The van der Waals surface area contributed by atoms with E-state index >= 15 is 0 Å². The van der Waals surface area contributed by atoms with E-state index in [2.05, 4.69) is 33.0 Å². The molecule has 1 saturated carbocycles. The van der Waals surface area contributed by atoms with Crippen molar-refractivity contribution in [3.8, 4) is 0 Å². The minimum absolute atomic E-state index is 0.368. The van der Waals surface area contributed by atoms with Gasteiger partial charge in [0.25, 0.3) is 0 Å². The normalized spacial score (nSPS) is 22.1. The van der Waals surface area contributed by atoms with Gasteiger partial charge in [-0.2, -0.15) is 0 Å². The van der Waals surface area contributed by atoms with Crippen LogP contribution in [-0.2, 0) is 9.31 Å². The van der Waals surface area contributed by atoms with Crippen LogP contribution in [0.25, 0.3) is 11.0 Å². The van der Waals surface area contributed by atoms with Crippen molar-refractivity contribution in [1.82, 2.24) is 9.97 Å². The van der Waals surface area contributed by atoms with Crippen molar-refractivity contribution >= 4 is 29.4 Å². The average molecular weight is 325 g/mol. The standard InChI is InChI=1S/C18H24BN3O2/c1-11-16(21-12-9-10-12)22-15-13(7-6-8-14(15)20-11)19-23-17(2,3)18(4,5)24-19/h6-8,12H,9-10H2,1-5H3,(H,21,22). The molecule has 126 valence electrons. The molecule has 1 aliphatic carbocycles. The second-order valence-electron chi connectivity index (χ2n) is 7.88. The maximum absolute atomic E-state index is 6.21. The number of para-hydroxylation sites is 1. The summed E-state index contributed by atoms with van der Waals surface area (Å²) in [5.41, 5.74) is 2.86. The van der Waals surface area contributed by atoms with E-state index in [0.29, 0.717) is 6.04 Å². The van der Waals surface area contributed by atoms with Crippen LogP contribution in [0, 0.1) is 6.92 Å². The lowest BCUT2D eigenvalue weighted by Gasteiger charge is -2.32. The molecule has 0 amide bonds. The Hall–Kier alpha value is -1.66. The fourth-order valence-corrected chi connectivity index (χ4v) is 2.91. The van der Waals surface area contributed by atoms with Crippen LogP contribution in [0.5, 0.6) is 0 Å². The van der Waals surface area contributed by atoms with Gasteiger partial charge < -0.3 is 14.6 Å². The molecule has 0 spiro atoms. The molecule has 0 radical (unpaired) electrons. The zero-order chi connectivity index (χ0) is 17.1. The van der Waals surface area contributed by atoms with Crippen molar-refractivity contribution in [2.75, 3.05) is 5.32 Å². The van der Waals surface area contributed by atoms with E-state index in [1.54, 1.807) is 0 Å². The molecule has 5 nitrogen and oxygen atoms in total. The molecule has 1 saturated heterocycles. The van der Waals surface area contributed by atoms with Gasteiger partial charge in [-0.3, -0.25) is 0 Å². The summed E-state index contributed by atoms with van der Waals surface area (Å²) in [5, 5.41) is 3.47. The molecular formula is C18H24BN3O2. The van der Waals surface area contributed by atoms with Crippen molar-refractivity contribution in [1.29, 1.82) is 0 Å². The lowest BCUT2D eigenvalue weighted by atomic mass is 9.78. The van der Waals surface area contributed by atoms with E-state index in [4.69, 9.17) is 19.3 Å². The third-order valence-corrected chi connectivity index (χ3v) is 5.33. The summed E-state index contributed by atoms with van der Waals surface area (Å²) in [6, 6.07) is 6.55. The lowest BCUT2D eigenvalue weighted by molar-refractivity contribution is 0.00578. The van der Waals surface area contributed by atoms with Crippen molar-refractivity contribution < 1.29 is 9.31 Å². The minimum atomic E-state index is -0.426. The van der Waals surface area contributed by atoms with Gasteiger partial charge in [-0.15, -0.1) is 0 Å². The molecule has 2 aromatic rings. The number of aryl methyl sites for hydroxylation is 1. The number of aromatic nitrogens is 2. The summed E-state index contributed by atoms with van der Waals surface area (Å²) in [7, 11) is -0.426. The van der Waals surface area contributed by atoms with Gasteiger partial charge in [0, 0.05) is 11.5 Å². The van der Waals surface area contributed by atoms with Crippen LogP contribution in [0.15, 0.2) is 18.2 Å². The summed E-state index contributed by atoms with van der Waals surface area (Å²) in [4.78, 5) is 9.59. The fraction of sp³-hybridized carbons (Fsp3) is 0.556. The predicted octanol–water partition coefficient (Wildman–Crippen LogP) is 2.81. The molecule has 2 fully saturated rings. The first kappa shape index (κ1) is 15.8. The summed E-state index contributed by atoms with van der Waals surface area (Å²) in [5.74, 6) is 0.869. The van der Waals surface area contributed by atoms with Crippen LogP contribution in [0.1, 0.15) is 46.2 Å². The molecule has 0 unspecified atom stereocenters. The van der Waals surface area contributed by atoms with Crippen molar-refractivity contribution in [3.63, 3.8) is 0 Å². The molecule has 0 atom stereocenters. The Bertz CT molecular complexity index is 786. The van der Waals surface area contributed by atoms with Gasteiger partial charge in [0.05, 0.1) is 27.9 Å². The molecule has 1 aliphatic heterocycles. The first-order valence-corrected chi connectivity index (χ1v) is 8.66. The van der Waals surface area contributed by atoms with Crippen molar-refractivity contribution in [2.45, 2.75) is 64.7 Å². The molecule has 1 N–H and O–H groups in total. The molecule has 1 aromatic carbocycles. The highest BCUT2D eigenvalue weighted by atomic mass is 16.7. The van der Waals surface area contributed by atoms with E-state index in [1.807, 2.05) is 25.1 Å². The topological polar surface area (TPSA) is 56.3 Å². The summed E-state index contributed by atoms with van der Waals surface area (Å²) >= 11 is 0. The highest BCUT2D eigenvalue weighted by molar-refractivity contribution is 6.64. The predicted molar refractivity (Wildman–Crippen MR) is 96.6 cm³/mol. The molecule has 2 heterocycles. The first-order chi connectivity index (χ1) is 11.3. The van der Waals surface area contributed by atoms with Gasteiger partial charge in [0.1, 0.15) is 5.82 Å². The van der Waals surface area contributed by atoms with Gasteiger partial charge in [-0.25, -0.2) is 9.97 Å². The minimum Gasteiger partial charge on any atom is -0.399 e. The van der Waals surface area contributed by atoms with Crippen molar-refractivity contribution in [2.24, 2.45) is 0 Å². The number of hydrogen-bond acceptors (Lipinski definition) is 5. The van der Waals surface area contributed by atoms with Crippen LogP contribution < -0.4 is 10.8 Å². The number of nitrogens with zero attached hydrogens (tertiary/aromatic N) is 2. The van der Waals surface area contributed by atoms with Crippen LogP contribution in [0.4, 0.5) is 5.82 Å². The number of nitrogens with one attached hydrogen (secondary N) is 1. The molecule has 1 aromatic heterocycles. The van der Waals surface area contributed by atoms with Crippen LogP contribution in [-0.4, -0.2) is 34.3 Å². The molecule has 0 bridgehead atoms. The van der Waals surface area contributed by atoms with E-state index < -0.39 is 7.12 Å². The summed E-state index contributed by atoms with van der Waals surface area (Å²) in [6.07, 6.45) is 2.41. The first-order valence-electron chi connectivity index (χ1n) is 8.66. The number of anilines is 1. The van der Waals surface area contributed by atoms with Crippen LogP contribution in [0.2, 0.25) is 0 Å². The Morgan fingerprint density at radius 3 is 2.38 bits per heavy atom. The molecule has 6 heteroatoms. The zero-order valence-corrected chi connectivity index (χ0v) is 15.0. The number of rotatable bonds is 3. The Kier molecular flexibility index (Phi) is 3.41. The maximum atomic E-state index is 6.21. The number of benzene rings is 1. The molecule has 24 heavy (non-hydrogen) atoms. The van der Waals surface area contributed by atoms with E-state index in [1.165, 1.54) is 12.8 Å². The maximum Gasteiger partial charge on any atom is 0.497 e. The van der Waals surface area contributed by atoms with E-state index in [-0.39, 0.29) is 11.2 Å². The Balaban J connectivity index is 1.78. The average Bonchev–Trinajstić information content (AvgIpc) is 3.26. The van der Waals surface area contributed by atoms with Gasteiger partial charge in [-0.1, -0.05) is 12.1 Å². The molecular weight excluding hydrogens is 301 g/mol. The summed E-state index contributed by atoms with van der Waals surface area (Å²) < 4.78 is 12.4. The third-order valence-electron chi connectivity index (χ3n) is 5.33. The van der Waals surface area contributed by atoms with Gasteiger partial charge in [0.2, 0.25) is 0 Å². The second-order valence-corrected chi connectivity index (χ2v) is 7.88. The monoisotopic (exact) mass is 325 g/mol. The van der Waals surface area contributed by atoms with E-state index in [9.17, 15) is 0 Å².